The van der Waals surface area contributed by atoms with Gasteiger partial charge in [-0.3, -0.25) is 0 Å². The molecule has 0 spiro atoms. The highest BCUT2D eigenvalue weighted by Crippen LogP contribution is 2.27. The number of aryl methyl sites for hydroxylation is 2. The number of benzene rings is 1. The van der Waals surface area contributed by atoms with Crippen molar-refractivity contribution in [3.63, 3.8) is 0 Å². The summed E-state index contributed by atoms with van der Waals surface area (Å²) in [5.74, 6) is 0.366. The predicted octanol–water partition coefficient (Wildman–Crippen LogP) is 4.28. The first-order chi connectivity index (χ1) is 7.71. The van der Waals surface area contributed by atoms with Gasteiger partial charge in [-0.1, -0.05) is 11.6 Å². The summed E-state index contributed by atoms with van der Waals surface area (Å²) < 4.78 is 41.8. The van der Waals surface area contributed by atoms with E-state index in [-0.39, 0.29) is 0 Å². The zero-order chi connectivity index (χ0) is 13.2. The highest BCUT2D eigenvalue weighted by atomic mass is 35.5. The van der Waals surface area contributed by atoms with E-state index in [1.165, 1.54) is 0 Å². The summed E-state index contributed by atoms with van der Waals surface area (Å²) in [5, 5.41) is 0.594. The van der Waals surface area contributed by atoms with Crippen molar-refractivity contribution >= 4 is 18.6 Å². The van der Waals surface area contributed by atoms with E-state index in [1.54, 1.807) is 26.0 Å². The molecule has 94 valence electrons. The van der Waals surface area contributed by atoms with Crippen LogP contribution in [-0.2, 0) is 0 Å². The molecule has 1 nitrogen and oxygen atoms in total. The quantitative estimate of drug-likeness (QED) is 0.737. The van der Waals surface area contributed by atoms with Crippen molar-refractivity contribution in [3.05, 3.63) is 40.3 Å². The van der Waals surface area contributed by atoms with E-state index in [4.69, 9.17) is 16.3 Å². The van der Waals surface area contributed by atoms with Crippen molar-refractivity contribution in [3.8, 4) is 5.75 Å². The largest absolute Gasteiger partial charge is 0.508 e. The van der Waals surface area contributed by atoms with Crippen LogP contribution in [0.25, 0.3) is 0 Å². The highest BCUT2D eigenvalue weighted by Gasteiger charge is 2.26. The smallest absolute Gasteiger partial charge is 0.492 e. The van der Waals surface area contributed by atoms with Gasteiger partial charge in [-0.15, -0.1) is 12.1 Å². The van der Waals surface area contributed by atoms with Crippen molar-refractivity contribution in [2.75, 3.05) is 6.61 Å². The average Bonchev–Trinajstić information content (AvgIpc) is 2.20. The van der Waals surface area contributed by atoms with Crippen LogP contribution in [0.2, 0.25) is 5.02 Å². The summed E-state index contributed by atoms with van der Waals surface area (Å²) in [5.41, 5.74) is 0.685. The molecule has 0 saturated carbocycles. The summed E-state index contributed by atoms with van der Waals surface area (Å²) in [4.78, 5) is 0. The van der Waals surface area contributed by atoms with Gasteiger partial charge in [-0.25, -0.2) is 0 Å². The first kappa shape index (κ1) is 14.0. The predicted molar refractivity (Wildman–Crippen MR) is 64.6 cm³/mol. The molecule has 1 aromatic carbocycles. The Balaban J connectivity index is 2.74. The maximum absolute atomic E-state index is 12.2. The minimum atomic E-state index is -5.04. The lowest BCUT2D eigenvalue weighted by molar-refractivity contribution is 0.346. The molecule has 0 bridgehead atoms. The second-order valence-electron chi connectivity index (χ2n) is 3.89. The molecule has 0 aromatic heterocycles. The molecule has 0 fully saturated rings. The second kappa shape index (κ2) is 5.04. The van der Waals surface area contributed by atoms with Crippen molar-refractivity contribution in [1.82, 2.24) is 0 Å². The standard InChI is InChI=1S/C11H12BClF3O/c1-7-4-10(5-8(2)11(7)13)17-6-9(3)12(14,15)16/h4-5H,3,6H2,1-2H3/q-1. The Hall–Kier alpha value is -1.10. The van der Waals surface area contributed by atoms with Crippen LogP contribution in [0.3, 0.4) is 0 Å². The lowest BCUT2D eigenvalue weighted by Gasteiger charge is -2.18. The van der Waals surface area contributed by atoms with Crippen LogP contribution < -0.4 is 4.74 Å². The van der Waals surface area contributed by atoms with Crippen LogP contribution in [0.5, 0.6) is 5.75 Å². The van der Waals surface area contributed by atoms with Gasteiger partial charge in [-0.05, 0) is 37.1 Å². The van der Waals surface area contributed by atoms with Crippen LogP contribution in [0.4, 0.5) is 12.9 Å². The van der Waals surface area contributed by atoms with Gasteiger partial charge in [-0.2, -0.15) is 0 Å². The Morgan fingerprint density at radius 3 is 2.18 bits per heavy atom. The highest BCUT2D eigenvalue weighted by molar-refractivity contribution is 6.66. The Morgan fingerprint density at radius 2 is 1.76 bits per heavy atom. The van der Waals surface area contributed by atoms with Crippen molar-refractivity contribution in [2.24, 2.45) is 0 Å². The molecule has 0 atom stereocenters. The normalized spacial score (nSPS) is 11.4. The number of rotatable bonds is 4. The fourth-order valence-corrected chi connectivity index (χ4v) is 1.37. The number of halogens is 4. The summed E-state index contributed by atoms with van der Waals surface area (Å²) in [6.45, 7) is 0.900. The van der Waals surface area contributed by atoms with Gasteiger partial charge in [0.05, 0.1) is 6.61 Å². The minimum Gasteiger partial charge on any atom is -0.492 e. The summed E-state index contributed by atoms with van der Waals surface area (Å²) >= 11 is 5.93. The third-order valence-corrected chi connectivity index (χ3v) is 2.89. The number of hydrogen-bond acceptors (Lipinski definition) is 1. The van der Waals surface area contributed by atoms with Gasteiger partial charge in [0, 0.05) is 5.02 Å². The Kier molecular flexibility index (Phi) is 4.14. The molecule has 0 saturated heterocycles. The van der Waals surface area contributed by atoms with Crippen LogP contribution >= 0.6 is 11.6 Å². The van der Waals surface area contributed by atoms with Gasteiger partial charge in [0.1, 0.15) is 5.75 Å². The molecular formula is C11H12BClF3O-. The average molecular weight is 263 g/mol. The summed E-state index contributed by atoms with van der Waals surface area (Å²) in [6, 6.07) is 3.21. The molecule has 1 rings (SSSR count). The first-order valence-corrected chi connectivity index (χ1v) is 5.36. The molecule has 0 amide bonds. The van der Waals surface area contributed by atoms with Gasteiger partial charge < -0.3 is 17.7 Å². The maximum atomic E-state index is 12.2. The lowest BCUT2D eigenvalue weighted by Crippen LogP contribution is -2.23. The van der Waals surface area contributed by atoms with Crippen LogP contribution in [0.1, 0.15) is 11.1 Å². The van der Waals surface area contributed by atoms with Gasteiger partial charge >= 0.3 is 6.98 Å². The summed E-state index contributed by atoms with van der Waals surface area (Å²) in [7, 11) is 0. The molecule has 6 heteroatoms. The molecular weight excluding hydrogens is 251 g/mol. The molecule has 0 heterocycles. The van der Waals surface area contributed by atoms with Crippen LogP contribution in [-0.4, -0.2) is 13.6 Å². The molecule has 0 aliphatic carbocycles. The molecule has 0 unspecified atom stereocenters. The molecule has 0 radical (unpaired) electrons. The van der Waals surface area contributed by atoms with Gasteiger partial charge in [0.25, 0.3) is 0 Å². The third-order valence-electron chi connectivity index (χ3n) is 2.30. The van der Waals surface area contributed by atoms with E-state index in [9.17, 15) is 12.9 Å². The van der Waals surface area contributed by atoms with Crippen molar-refractivity contribution in [2.45, 2.75) is 13.8 Å². The van der Waals surface area contributed by atoms with Crippen molar-refractivity contribution < 1.29 is 17.7 Å². The molecule has 17 heavy (non-hydrogen) atoms. The maximum Gasteiger partial charge on any atom is 0.508 e. The molecule has 0 N–H and O–H groups in total. The fourth-order valence-electron chi connectivity index (χ4n) is 1.26. The second-order valence-corrected chi connectivity index (χ2v) is 4.27. The monoisotopic (exact) mass is 263 g/mol. The Morgan fingerprint density at radius 1 is 1.29 bits per heavy atom. The van der Waals surface area contributed by atoms with Crippen LogP contribution in [0.15, 0.2) is 24.2 Å². The first-order valence-electron chi connectivity index (χ1n) is 4.99. The fraction of sp³-hybridized carbons (Fsp3) is 0.273. The number of hydrogen-bond donors (Lipinski definition) is 0. The van der Waals surface area contributed by atoms with E-state index in [0.29, 0.717) is 10.8 Å². The topological polar surface area (TPSA) is 9.23 Å². The zero-order valence-corrected chi connectivity index (χ0v) is 10.3. The number of ether oxygens (including phenoxy) is 1. The van der Waals surface area contributed by atoms with Gasteiger partial charge in [0.2, 0.25) is 0 Å². The molecule has 0 aliphatic rings. The Labute approximate surface area is 103 Å². The van der Waals surface area contributed by atoms with E-state index < -0.39 is 19.1 Å². The van der Waals surface area contributed by atoms with Crippen molar-refractivity contribution in [1.29, 1.82) is 0 Å². The van der Waals surface area contributed by atoms with E-state index in [0.717, 1.165) is 11.1 Å². The van der Waals surface area contributed by atoms with E-state index in [2.05, 4.69) is 6.58 Å². The zero-order valence-electron chi connectivity index (χ0n) is 9.57. The van der Waals surface area contributed by atoms with E-state index in [1.807, 2.05) is 0 Å². The van der Waals surface area contributed by atoms with Crippen LogP contribution in [0, 0.1) is 13.8 Å². The third kappa shape index (κ3) is 3.70. The SMILES string of the molecule is C=C(COc1cc(C)c(Cl)c(C)c1)[B-](F)(F)F. The lowest BCUT2D eigenvalue weighted by atomic mass is 9.81. The minimum absolute atomic E-state index is 0.366. The van der Waals surface area contributed by atoms with E-state index >= 15 is 0 Å². The summed E-state index contributed by atoms with van der Waals surface area (Å²) in [6.07, 6.45) is 0. The van der Waals surface area contributed by atoms with Gasteiger partial charge in [0.15, 0.2) is 0 Å². The molecule has 1 aromatic rings. The Bertz CT molecular complexity index is 420. The molecule has 0 aliphatic heterocycles.